The van der Waals surface area contributed by atoms with Gasteiger partial charge in [-0.05, 0) is 32.0 Å². The molecule has 0 saturated heterocycles. The van der Waals surface area contributed by atoms with Gasteiger partial charge in [0.2, 0.25) is 0 Å². The molecule has 0 atom stereocenters. The summed E-state index contributed by atoms with van der Waals surface area (Å²) < 4.78 is 38.7. The van der Waals surface area contributed by atoms with Crippen molar-refractivity contribution in [3.63, 3.8) is 0 Å². The number of benzene rings is 1. The van der Waals surface area contributed by atoms with Crippen LogP contribution in [0.15, 0.2) is 28.7 Å². The van der Waals surface area contributed by atoms with E-state index in [-0.39, 0.29) is 5.69 Å². The summed E-state index contributed by atoms with van der Waals surface area (Å²) in [5.41, 5.74) is 0.145. The van der Waals surface area contributed by atoms with Crippen LogP contribution in [0.5, 0.6) is 0 Å². The van der Waals surface area contributed by atoms with Crippen LogP contribution in [-0.2, 0) is 0 Å². The molecule has 1 aromatic rings. The van der Waals surface area contributed by atoms with Crippen molar-refractivity contribution < 1.29 is 13.2 Å². The Labute approximate surface area is 95.0 Å². The van der Waals surface area contributed by atoms with Crippen molar-refractivity contribution in [2.75, 3.05) is 4.90 Å². The fourth-order valence-corrected chi connectivity index (χ4v) is 1.75. The number of alkyl halides is 3. The molecule has 0 aliphatic carbocycles. The summed E-state index contributed by atoms with van der Waals surface area (Å²) in [6.45, 7) is 3.02. The SMILES string of the molecule is CC(C)N(c1cccc(Br)c1)C(F)(F)F. The molecular formula is C10H11BrF3N. The third-order valence-electron chi connectivity index (χ3n) is 1.88. The third kappa shape index (κ3) is 3.12. The molecule has 1 rings (SSSR count). The zero-order valence-corrected chi connectivity index (χ0v) is 9.93. The standard InChI is InChI=1S/C10H11BrF3N/c1-7(2)15(10(12,13)14)9-5-3-4-8(11)6-9/h3-7H,1-2H3. The van der Waals surface area contributed by atoms with Crippen LogP contribution in [-0.4, -0.2) is 12.3 Å². The van der Waals surface area contributed by atoms with Crippen molar-refractivity contribution in [1.29, 1.82) is 0 Å². The van der Waals surface area contributed by atoms with Gasteiger partial charge in [-0.25, -0.2) is 0 Å². The molecule has 0 heterocycles. The van der Waals surface area contributed by atoms with Gasteiger partial charge in [0.15, 0.2) is 0 Å². The summed E-state index contributed by atoms with van der Waals surface area (Å²) in [6, 6.07) is 5.55. The van der Waals surface area contributed by atoms with Gasteiger partial charge in [0.05, 0.1) is 0 Å². The molecule has 0 fully saturated rings. The maximum Gasteiger partial charge on any atom is 0.485 e. The van der Waals surface area contributed by atoms with Crippen molar-refractivity contribution in [2.45, 2.75) is 26.2 Å². The topological polar surface area (TPSA) is 3.24 Å². The first-order chi connectivity index (χ1) is 6.82. The van der Waals surface area contributed by atoms with E-state index in [4.69, 9.17) is 0 Å². The van der Waals surface area contributed by atoms with Crippen molar-refractivity contribution in [3.8, 4) is 0 Å². The highest BCUT2D eigenvalue weighted by molar-refractivity contribution is 9.10. The fraction of sp³-hybridized carbons (Fsp3) is 0.400. The van der Waals surface area contributed by atoms with Gasteiger partial charge >= 0.3 is 6.30 Å². The van der Waals surface area contributed by atoms with E-state index in [9.17, 15) is 13.2 Å². The molecule has 0 aliphatic rings. The monoisotopic (exact) mass is 281 g/mol. The molecule has 0 aromatic heterocycles. The second-order valence-electron chi connectivity index (χ2n) is 3.41. The minimum absolute atomic E-state index is 0.145. The average Bonchev–Trinajstić information content (AvgIpc) is 1.99. The normalized spacial score (nSPS) is 11.9. The predicted octanol–water partition coefficient (Wildman–Crippen LogP) is 4.18. The van der Waals surface area contributed by atoms with Crippen molar-refractivity contribution in [2.24, 2.45) is 0 Å². The molecule has 1 aromatic carbocycles. The Kier molecular flexibility index (Phi) is 3.65. The van der Waals surface area contributed by atoms with Crippen LogP contribution in [0.4, 0.5) is 18.9 Å². The predicted molar refractivity (Wildman–Crippen MR) is 57.8 cm³/mol. The van der Waals surface area contributed by atoms with Gasteiger partial charge in [-0.15, -0.1) is 0 Å². The lowest BCUT2D eigenvalue weighted by atomic mass is 10.2. The summed E-state index contributed by atoms with van der Waals surface area (Å²) in [5.74, 6) is 0. The molecular weight excluding hydrogens is 271 g/mol. The molecule has 1 nitrogen and oxygen atoms in total. The van der Waals surface area contributed by atoms with E-state index in [1.807, 2.05) is 0 Å². The Balaban J connectivity index is 3.11. The molecule has 84 valence electrons. The Morgan fingerprint density at radius 2 is 1.87 bits per heavy atom. The van der Waals surface area contributed by atoms with Gasteiger partial charge in [-0.1, -0.05) is 22.0 Å². The zero-order valence-electron chi connectivity index (χ0n) is 8.35. The maximum atomic E-state index is 12.7. The third-order valence-corrected chi connectivity index (χ3v) is 2.37. The Morgan fingerprint density at radius 3 is 2.27 bits per heavy atom. The van der Waals surface area contributed by atoms with Crippen LogP contribution in [0, 0.1) is 0 Å². The number of hydrogen-bond donors (Lipinski definition) is 0. The lowest BCUT2D eigenvalue weighted by Crippen LogP contribution is -2.43. The number of anilines is 1. The molecule has 0 bridgehead atoms. The molecule has 0 unspecified atom stereocenters. The first kappa shape index (κ1) is 12.4. The molecule has 0 radical (unpaired) electrons. The Morgan fingerprint density at radius 1 is 1.27 bits per heavy atom. The van der Waals surface area contributed by atoms with Crippen LogP contribution in [0.25, 0.3) is 0 Å². The quantitative estimate of drug-likeness (QED) is 0.735. The van der Waals surface area contributed by atoms with Gasteiger partial charge < -0.3 is 0 Å². The van der Waals surface area contributed by atoms with Crippen LogP contribution >= 0.6 is 15.9 Å². The molecule has 0 saturated carbocycles. The first-order valence-electron chi connectivity index (χ1n) is 4.44. The average molecular weight is 282 g/mol. The lowest BCUT2D eigenvalue weighted by molar-refractivity contribution is -0.133. The van der Waals surface area contributed by atoms with E-state index in [1.54, 1.807) is 12.1 Å². The van der Waals surface area contributed by atoms with E-state index in [0.29, 0.717) is 9.37 Å². The van der Waals surface area contributed by atoms with Gasteiger partial charge in [-0.2, -0.15) is 13.2 Å². The number of nitrogens with zero attached hydrogens (tertiary/aromatic N) is 1. The second-order valence-corrected chi connectivity index (χ2v) is 4.33. The molecule has 0 spiro atoms. The summed E-state index contributed by atoms with van der Waals surface area (Å²) in [5, 5.41) is 0. The van der Waals surface area contributed by atoms with E-state index in [0.717, 1.165) is 0 Å². The van der Waals surface area contributed by atoms with E-state index < -0.39 is 12.3 Å². The van der Waals surface area contributed by atoms with Gasteiger partial charge in [0, 0.05) is 16.2 Å². The molecule has 0 amide bonds. The zero-order chi connectivity index (χ0) is 11.6. The molecule has 0 aliphatic heterocycles. The Hall–Kier alpha value is -0.710. The molecule has 5 heteroatoms. The number of rotatable bonds is 2. The van der Waals surface area contributed by atoms with Crippen molar-refractivity contribution >= 4 is 21.6 Å². The van der Waals surface area contributed by atoms with E-state index in [2.05, 4.69) is 15.9 Å². The van der Waals surface area contributed by atoms with Crippen LogP contribution in [0.1, 0.15) is 13.8 Å². The molecule has 15 heavy (non-hydrogen) atoms. The van der Waals surface area contributed by atoms with Crippen molar-refractivity contribution in [1.82, 2.24) is 0 Å². The highest BCUT2D eigenvalue weighted by Gasteiger charge is 2.39. The van der Waals surface area contributed by atoms with Gasteiger partial charge in [-0.3, -0.25) is 4.90 Å². The summed E-state index contributed by atoms with van der Waals surface area (Å²) in [7, 11) is 0. The van der Waals surface area contributed by atoms with Crippen LogP contribution in [0.3, 0.4) is 0 Å². The highest BCUT2D eigenvalue weighted by atomic mass is 79.9. The fourth-order valence-electron chi connectivity index (χ4n) is 1.36. The number of halogens is 4. The molecule has 0 N–H and O–H groups in total. The largest absolute Gasteiger partial charge is 0.485 e. The van der Waals surface area contributed by atoms with Crippen LogP contribution in [0.2, 0.25) is 0 Å². The summed E-state index contributed by atoms with van der Waals surface area (Å²) >= 11 is 3.15. The Bertz CT molecular complexity index is 336. The van der Waals surface area contributed by atoms with Gasteiger partial charge in [0.25, 0.3) is 0 Å². The smallest absolute Gasteiger partial charge is 0.282 e. The van der Waals surface area contributed by atoms with E-state index in [1.165, 1.54) is 26.0 Å². The van der Waals surface area contributed by atoms with Gasteiger partial charge in [0.1, 0.15) is 0 Å². The lowest BCUT2D eigenvalue weighted by Gasteiger charge is -2.30. The first-order valence-corrected chi connectivity index (χ1v) is 5.23. The summed E-state index contributed by atoms with van der Waals surface area (Å²) in [4.78, 5) is 0.428. The summed E-state index contributed by atoms with van der Waals surface area (Å²) in [6.07, 6.45) is -4.35. The van der Waals surface area contributed by atoms with Crippen LogP contribution < -0.4 is 4.90 Å². The van der Waals surface area contributed by atoms with E-state index >= 15 is 0 Å². The minimum atomic E-state index is -4.35. The number of hydrogen-bond acceptors (Lipinski definition) is 1. The minimum Gasteiger partial charge on any atom is -0.282 e. The maximum absolute atomic E-state index is 12.7. The second kappa shape index (κ2) is 4.43. The van der Waals surface area contributed by atoms with Crippen molar-refractivity contribution in [3.05, 3.63) is 28.7 Å². The highest BCUT2D eigenvalue weighted by Crippen LogP contribution is 2.31.